The molecular formula is C28H31N3O2. The van der Waals surface area contributed by atoms with Gasteiger partial charge in [0.15, 0.2) is 5.78 Å². The van der Waals surface area contributed by atoms with E-state index in [1.165, 1.54) is 0 Å². The van der Waals surface area contributed by atoms with E-state index in [1.807, 2.05) is 43.6 Å². The number of benzene rings is 1. The van der Waals surface area contributed by atoms with Crippen LogP contribution in [0.1, 0.15) is 63.4 Å². The monoisotopic (exact) mass is 441 g/mol. The summed E-state index contributed by atoms with van der Waals surface area (Å²) in [6.45, 7) is 8.60. The summed E-state index contributed by atoms with van der Waals surface area (Å²) in [6.07, 6.45) is 9.91. The zero-order chi connectivity index (χ0) is 23.5. The molecule has 4 rings (SSSR count). The molecule has 0 atom stereocenters. The molecule has 1 amide bonds. The molecular weight excluding hydrogens is 410 g/mol. The maximum absolute atomic E-state index is 13.4. The minimum absolute atomic E-state index is 0.110. The van der Waals surface area contributed by atoms with Crippen LogP contribution >= 0.6 is 0 Å². The number of carbonyl (C=O) groups is 2. The minimum Gasteiger partial charge on any atom is -0.348 e. The summed E-state index contributed by atoms with van der Waals surface area (Å²) in [5, 5.41) is 3.94. The third-order valence-corrected chi connectivity index (χ3v) is 6.16. The SMILES string of the molecule is CCCC1=C(CNC(=O)c2cc(-c3cccnc3)cc3c2ccn3C(C)C)C(=O)CC(C)=C1. The van der Waals surface area contributed by atoms with Crippen LogP contribution in [0, 0.1) is 0 Å². The maximum Gasteiger partial charge on any atom is 0.252 e. The van der Waals surface area contributed by atoms with Crippen molar-refractivity contribution in [1.29, 1.82) is 0 Å². The Morgan fingerprint density at radius 2 is 2.03 bits per heavy atom. The number of nitrogens with zero attached hydrogens (tertiary/aromatic N) is 2. The summed E-state index contributed by atoms with van der Waals surface area (Å²) in [5.41, 5.74) is 6.38. The molecule has 2 aromatic heterocycles. The van der Waals surface area contributed by atoms with Crippen LogP contribution in [0.25, 0.3) is 22.0 Å². The first-order chi connectivity index (χ1) is 15.9. The highest BCUT2D eigenvalue weighted by atomic mass is 16.2. The van der Waals surface area contributed by atoms with Gasteiger partial charge in [-0.3, -0.25) is 14.6 Å². The molecule has 0 bridgehead atoms. The summed E-state index contributed by atoms with van der Waals surface area (Å²) in [6, 6.07) is 10.2. The van der Waals surface area contributed by atoms with Crippen molar-refractivity contribution < 1.29 is 9.59 Å². The summed E-state index contributed by atoms with van der Waals surface area (Å²) in [4.78, 5) is 30.4. The van der Waals surface area contributed by atoms with Gasteiger partial charge in [0.1, 0.15) is 0 Å². The second-order valence-electron chi connectivity index (χ2n) is 9.04. The zero-order valence-corrected chi connectivity index (χ0v) is 19.8. The molecule has 1 N–H and O–H groups in total. The highest BCUT2D eigenvalue weighted by molar-refractivity contribution is 6.09. The van der Waals surface area contributed by atoms with Crippen LogP contribution in [0.15, 0.2) is 71.7 Å². The van der Waals surface area contributed by atoms with Crippen LogP contribution in [-0.4, -0.2) is 27.8 Å². The van der Waals surface area contributed by atoms with Crippen molar-refractivity contribution in [2.45, 2.75) is 53.0 Å². The van der Waals surface area contributed by atoms with E-state index in [4.69, 9.17) is 0 Å². The molecule has 3 aromatic rings. The number of Topliss-reactive ketones (excluding diaryl/α,β-unsaturated/α-hetero) is 1. The van der Waals surface area contributed by atoms with Crippen molar-refractivity contribution in [1.82, 2.24) is 14.9 Å². The molecule has 0 unspecified atom stereocenters. The Morgan fingerprint density at radius 1 is 1.21 bits per heavy atom. The molecule has 1 aliphatic carbocycles. The highest BCUT2D eigenvalue weighted by Crippen LogP contribution is 2.30. The summed E-state index contributed by atoms with van der Waals surface area (Å²) in [7, 11) is 0. The second kappa shape index (κ2) is 9.57. The molecule has 0 saturated heterocycles. The Morgan fingerprint density at radius 3 is 2.73 bits per heavy atom. The number of pyridine rings is 1. The Labute approximate surface area is 195 Å². The highest BCUT2D eigenvalue weighted by Gasteiger charge is 2.21. The number of ketones is 1. The van der Waals surface area contributed by atoms with Crippen LogP contribution in [0.5, 0.6) is 0 Å². The number of amides is 1. The molecule has 2 heterocycles. The molecule has 1 aliphatic rings. The summed E-state index contributed by atoms with van der Waals surface area (Å²) in [5.74, 6) is -0.0614. The van der Waals surface area contributed by atoms with Gasteiger partial charge in [-0.15, -0.1) is 0 Å². The van der Waals surface area contributed by atoms with Crippen molar-refractivity contribution in [3.63, 3.8) is 0 Å². The minimum atomic E-state index is -0.172. The summed E-state index contributed by atoms with van der Waals surface area (Å²) < 4.78 is 2.17. The molecule has 1 aromatic carbocycles. The zero-order valence-electron chi connectivity index (χ0n) is 19.8. The lowest BCUT2D eigenvalue weighted by atomic mass is 9.89. The normalized spacial score (nSPS) is 14.2. The third kappa shape index (κ3) is 4.68. The number of aromatic nitrogens is 2. The Bertz CT molecular complexity index is 1260. The van der Waals surface area contributed by atoms with Gasteiger partial charge in [-0.25, -0.2) is 0 Å². The van der Waals surface area contributed by atoms with E-state index >= 15 is 0 Å². The van der Waals surface area contributed by atoms with E-state index < -0.39 is 0 Å². The molecule has 33 heavy (non-hydrogen) atoms. The fourth-order valence-corrected chi connectivity index (χ4v) is 4.54. The van der Waals surface area contributed by atoms with Gasteiger partial charge in [-0.2, -0.15) is 0 Å². The van der Waals surface area contributed by atoms with E-state index in [0.29, 0.717) is 12.0 Å². The molecule has 0 fully saturated rings. The Hall–Kier alpha value is -3.47. The molecule has 5 heteroatoms. The van der Waals surface area contributed by atoms with Crippen LogP contribution in [-0.2, 0) is 4.79 Å². The van der Waals surface area contributed by atoms with Gasteiger partial charge >= 0.3 is 0 Å². The number of carbonyl (C=O) groups excluding carboxylic acids is 2. The van der Waals surface area contributed by atoms with E-state index in [-0.39, 0.29) is 24.3 Å². The van der Waals surface area contributed by atoms with Gasteiger partial charge in [-0.1, -0.05) is 31.1 Å². The number of allylic oxidation sites excluding steroid dienone is 3. The first-order valence-electron chi connectivity index (χ1n) is 11.6. The van der Waals surface area contributed by atoms with Crippen LogP contribution in [0.4, 0.5) is 0 Å². The van der Waals surface area contributed by atoms with Crippen LogP contribution in [0.2, 0.25) is 0 Å². The lowest BCUT2D eigenvalue weighted by molar-refractivity contribution is -0.115. The fraction of sp³-hybridized carbons (Fsp3) is 0.321. The smallest absolute Gasteiger partial charge is 0.252 e. The molecule has 0 aliphatic heterocycles. The van der Waals surface area contributed by atoms with Crippen molar-refractivity contribution in [3.8, 4) is 11.1 Å². The van der Waals surface area contributed by atoms with Gasteiger partial charge < -0.3 is 9.88 Å². The van der Waals surface area contributed by atoms with Crippen molar-refractivity contribution >= 4 is 22.6 Å². The Kier molecular flexibility index (Phi) is 6.59. The van der Waals surface area contributed by atoms with E-state index in [2.05, 4.69) is 47.8 Å². The largest absolute Gasteiger partial charge is 0.348 e. The lowest BCUT2D eigenvalue weighted by Gasteiger charge is -2.18. The average Bonchev–Trinajstić information content (AvgIpc) is 3.23. The number of fused-ring (bicyclic) bond motifs is 1. The quantitative estimate of drug-likeness (QED) is 0.487. The molecule has 0 spiro atoms. The van der Waals surface area contributed by atoms with E-state index in [0.717, 1.165) is 51.6 Å². The molecule has 0 radical (unpaired) electrons. The number of hydrogen-bond acceptors (Lipinski definition) is 3. The molecule has 0 saturated carbocycles. The van der Waals surface area contributed by atoms with Crippen molar-refractivity contribution in [3.05, 3.63) is 77.3 Å². The van der Waals surface area contributed by atoms with Gasteiger partial charge in [-0.05, 0) is 62.6 Å². The van der Waals surface area contributed by atoms with Crippen molar-refractivity contribution in [2.24, 2.45) is 0 Å². The number of nitrogens with one attached hydrogen (secondary N) is 1. The molecule has 170 valence electrons. The van der Waals surface area contributed by atoms with Crippen molar-refractivity contribution in [2.75, 3.05) is 6.54 Å². The topological polar surface area (TPSA) is 64.0 Å². The molecule has 5 nitrogen and oxygen atoms in total. The Balaban J connectivity index is 1.72. The predicted molar refractivity (Wildman–Crippen MR) is 133 cm³/mol. The van der Waals surface area contributed by atoms with Crippen LogP contribution < -0.4 is 5.32 Å². The van der Waals surface area contributed by atoms with Gasteiger partial charge in [0, 0.05) is 65.2 Å². The third-order valence-electron chi connectivity index (χ3n) is 6.16. The first-order valence-corrected chi connectivity index (χ1v) is 11.6. The van der Waals surface area contributed by atoms with Crippen LogP contribution in [0.3, 0.4) is 0 Å². The predicted octanol–water partition coefficient (Wildman–Crippen LogP) is 6.03. The summed E-state index contributed by atoms with van der Waals surface area (Å²) >= 11 is 0. The second-order valence-corrected chi connectivity index (χ2v) is 9.04. The number of hydrogen-bond donors (Lipinski definition) is 1. The average molecular weight is 442 g/mol. The lowest BCUT2D eigenvalue weighted by Crippen LogP contribution is -2.29. The van der Waals surface area contributed by atoms with Gasteiger partial charge in [0.25, 0.3) is 5.91 Å². The number of rotatable bonds is 7. The standard InChI is InChI=1S/C28H31N3O2/c1-5-7-20-12-19(4)13-27(32)25(20)17-30-28(33)24-14-22(21-8-6-10-29-16-21)15-26-23(24)9-11-31(26)18(2)3/h6,8-12,14-16,18H,5,7,13,17H2,1-4H3,(H,30,33). The maximum atomic E-state index is 13.4. The van der Waals surface area contributed by atoms with Gasteiger partial charge in [0.05, 0.1) is 0 Å². The van der Waals surface area contributed by atoms with E-state index in [9.17, 15) is 9.59 Å². The van der Waals surface area contributed by atoms with Gasteiger partial charge in [0.2, 0.25) is 0 Å². The first kappa shape index (κ1) is 22.7. The van der Waals surface area contributed by atoms with E-state index in [1.54, 1.807) is 6.20 Å². The fourth-order valence-electron chi connectivity index (χ4n) is 4.54.